The van der Waals surface area contributed by atoms with Crippen LogP contribution in [0, 0.1) is 23.2 Å². The van der Waals surface area contributed by atoms with E-state index in [0.29, 0.717) is 18.9 Å². The molecule has 0 N–H and O–H groups in total. The molecule has 2 saturated carbocycles. The predicted octanol–water partition coefficient (Wildman–Crippen LogP) is 6.30. The van der Waals surface area contributed by atoms with E-state index in [1.165, 1.54) is 36.0 Å². The molecule has 6 aliphatic rings. The van der Waals surface area contributed by atoms with Gasteiger partial charge in [0.05, 0.1) is 13.2 Å². The van der Waals surface area contributed by atoms with Crippen molar-refractivity contribution < 1.29 is 9.53 Å². The Bertz CT molecular complexity index is 1120. The zero-order chi connectivity index (χ0) is 21.7. The van der Waals surface area contributed by atoms with Crippen LogP contribution < -0.4 is 0 Å². The van der Waals surface area contributed by atoms with Crippen LogP contribution in [0.15, 0.2) is 107 Å². The SMILES string of the molecule is C=C1C=C(C(=O)CCC2=CC3C=C(COCC4CC45CC5)C=CC3=C2)C=C2C=CC=CC12. The maximum atomic E-state index is 12.9. The molecule has 0 aromatic rings. The summed E-state index contributed by atoms with van der Waals surface area (Å²) in [5.41, 5.74) is 7.52. The fourth-order valence-corrected chi connectivity index (χ4v) is 5.60. The average Bonchev–Trinajstić information content (AvgIpc) is 3.68. The fourth-order valence-electron chi connectivity index (χ4n) is 5.60. The average molecular weight is 423 g/mol. The number of ketones is 1. The highest BCUT2D eigenvalue weighted by molar-refractivity contribution is 5.99. The number of allylic oxidation sites excluding steroid dienone is 15. The molecule has 0 aromatic carbocycles. The first-order chi connectivity index (χ1) is 15.6. The number of rotatable bonds is 8. The first-order valence-corrected chi connectivity index (χ1v) is 12.0. The van der Waals surface area contributed by atoms with E-state index >= 15 is 0 Å². The number of carbonyl (C=O) groups excluding carboxylic acids is 1. The van der Waals surface area contributed by atoms with Gasteiger partial charge in [-0.1, -0.05) is 66.8 Å². The molecule has 162 valence electrons. The molecule has 32 heavy (non-hydrogen) atoms. The van der Waals surface area contributed by atoms with Crippen LogP contribution in [0.4, 0.5) is 0 Å². The maximum Gasteiger partial charge on any atom is 0.163 e. The minimum Gasteiger partial charge on any atom is -0.376 e. The molecular weight excluding hydrogens is 392 g/mol. The number of hydrogen-bond acceptors (Lipinski definition) is 2. The van der Waals surface area contributed by atoms with Crippen LogP contribution in [-0.4, -0.2) is 19.0 Å². The molecule has 0 saturated heterocycles. The Kier molecular flexibility index (Phi) is 4.80. The molecule has 0 amide bonds. The van der Waals surface area contributed by atoms with Gasteiger partial charge in [0.2, 0.25) is 0 Å². The number of hydrogen-bond donors (Lipinski definition) is 0. The Morgan fingerprint density at radius 1 is 1.03 bits per heavy atom. The lowest BCUT2D eigenvalue weighted by Crippen LogP contribution is -2.12. The minimum absolute atomic E-state index is 0.197. The molecule has 1 spiro atoms. The van der Waals surface area contributed by atoms with Gasteiger partial charge in [-0.2, -0.15) is 0 Å². The van der Waals surface area contributed by atoms with E-state index in [4.69, 9.17) is 4.74 Å². The summed E-state index contributed by atoms with van der Waals surface area (Å²) in [6.07, 6.45) is 29.1. The summed E-state index contributed by atoms with van der Waals surface area (Å²) < 4.78 is 6.01. The van der Waals surface area contributed by atoms with Gasteiger partial charge in [-0.05, 0) is 71.5 Å². The van der Waals surface area contributed by atoms with Crippen molar-refractivity contribution >= 4 is 5.78 Å². The molecular formula is C30H30O2. The van der Waals surface area contributed by atoms with Gasteiger partial charge >= 0.3 is 0 Å². The molecule has 0 aliphatic heterocycles. The summed E-state index contributed by atoms with van der Waals surface area (Å²) in [5.74, 6) is 1.57. The van der Waals surface area contributed by atoms with E-state index in [2.05, 4.69) is 49.1 Å². The maximum absolute atomic E-state index is 12.9. The Labute approximate surface area is 190 Å². The third-order valence-corrected chi connectivity index (χ3v) is 7.94. The standard InChI is InChI=1S/C30H30O2/c1-20-12-26(16-24-4-2-3-5-28(20)24)29(31)9-7-21-13-23-8-6-22(15-25(23)14-21)18-32-19-27-17-30(27)10-11-30/h2-6,8,12-16,25,27-28H,1,7,9-11,17-19H2. The first kappa shape index (κ1) is 19.9. The minimum atomic E-state index is 0.197. The van der Waals surface area contributed by atoms with Crippen LogP contribution in [-0.2, 0) is 9.53 Å². The van der Waals surface area contributed by atoms with Crippen LogP contribution in [0.2, 0.25) is 0 Å². The van der Waals surface area contributed by atoms with Gasteiger partial charge in [0.25, 0.3) is 0 Å². The topological polar surface area (TPSA) is 26.3 Å². The van der Waals surface area contributed by atoms with E-state index < -0.39 is 0 Å². The summed E-state index contributed by atoms with van der Waals surface area (Å²) in [5, 5.41) is 0. The van der Waals surface area contributed by atoms with Gasteiger partial charge in [-0.25, -0.2) is 0 Å². The Hall–Kier alpha value is -2.71. The molecule has 6 aliphatic carbocycles. The highest BCUT2D eigenvalue weighted by Crippen LogP contribution is 2.70. The highest BCUT2D eigenvalue weighted by atomic mass is 16.5. The molecule has 2 fully saturated rings. The van der Waals surface area contributed by atoms with E-state index in [0.717, 1.165) is 41.1 Å². The lowest BCUT2D eigenvalue weighted by Gasteiger charge is -2.22. The second-order valence-corrected chi connectivity index (χ2v) is 10.2. The van der Waals surface area contributed by atoms with Gasteiger partial charge in [0.15, 0.2) is 5.78 Å². The highest BCUT2D eigenvalue weighted by Gasteiger charge is 2.62. The van der Waals surface area contributed by atoms with Crippen molar-refractivity contribution in [1.82, 2.24) is 0 Å². The summed E-state index contributed by atoms with van der Waals surface area (Å²) in [6, 6.07) is 0. The second-order valence-electron chi connectivity index (χ2n) is 10.2. The lowest BCUT2D eigenvalue weighted by atomic mass is 9.81. The van der Waals surface area contributed by atoms with Crippen molar-refractivity contribution in [2.75, 3.05) is 13.2 Å². The van der Waals surface area contributed by atoms with E-state index in [1.807, 2.05) is 24.3 Å². The molecule has 3 atom stereocenters. The van der Waals surface area contributed by atoms with Crippen LogP contribution in [0.5, 0.6) is 0 Å². The summed E-state index contributed by atoms with van der Waals surface area (Å²) in [6.45, 7) is 5.81. The van der Waals surface area contributed by atoms with Crippen LogP contribution in [0.1, 0.15) is 32.1 Å². The third kappa shape index (κ3) is 3.82. The third-order valence-electron chi connectivity index (χ3n) is 7.94. The van der Waals surface area contributed by atoms with Gasteiger partial charge in [-0.3, -0.25) is 4.79 Å². The van der Waals surface area contributed by atoms with Crippen molar-refractivity contribution in [2.24, 2.45) is 23.2 Å². The molecule has 0 heterocycles. The zero-order valence-electron chi connectivity index (χ0n) is 18.6. The largest absolute Gasteiger partial charge is 0.376 e. The van der Waals surface area contributed by atoms with Gasteiger partial charge in [-0.15, -0.1) is 0 Å². The first-order valence-electron chi connectivity index (χ1n) is 12.0. The Balaban J connectivity index is 1.03. The number of fused-ring (bicyclic) bond motifs is 2. The Morgan fingerprint density at radius 3 is 2.75 bits per heavy atom. The van der Waals surface area contributed by atoms with E-state index in [1.54, 1.807) is 0 Å². The zero-order valence-corrected chi connectivity index (χ0v) is 18.6. The smallest absolute Gasteiger partial charge is 0.163 e. The number of carbonyl (C=O) groups is 1. The van der Waals surface area contributed by atoms with Gasteiger partial charge < -0.3 is 4.74 Å². The summed E-state index contributed by atoms with van der Waals surface area (Å²) >= 11 is 0. The molecule has 0 radical (unpaired) electrons. The molecule has 0 aromatic heterocycles. The van der Waals surface area contributed by atoms with E-state index in [9.17, 15) is 4.79 Å². The molecule has 2 nitrogen and oxygen atoms in total. The molecule has 6 rings (SSSR count). The number of ether oxygens (including phenoxy) is 1. The van der Waals surface area contributed by atoms with Gasteiger partial charge in [0, 0.05) is 23.8 Å². The van der Waals surface area contributed by atoms with E-state index in [-0.39, 0.29) is 11.7 Å². The molecule has 3 unspecified atom stereocenters. The second kappa shape index (κ2) is 7.71. The molecule has 0 bridgehead atoms. The monoisotopic (exact) mass is 422 g/mol. The van der Waals surface area contributed by atoms with Crippen molar-refractivity contribution in [3.05, 3.63) is 107 Å². The normalized spacial score (nSPS) is 30.2. The van der Waals surface area contributed by atoms with Crippen molar-refractivity contribution in [3.63, 3.8) is 0 Å². The predicted molar refractivity (Wildman–Crippen MR) is 129 cm³/mol. The van der Waals surface area contributed by atoms with Crippen LogP contribution >= 0.6 is 0 Å². The molecule has 2 heteroatoms. The summed E-state index contributed by atoms with van der Waals surface area (Å²) in [4.78, 5) is 12.9. The van der Waals surface area contributed by atoms with Crippen LogP contribution in [0.25, 0.3) is 0 Å². The fraction of sp³-hybridized carbons (Fsp3) is 0.367. The Morgan fingerprint density at radius 2 is 1.91 bits per heavy atom. The van der Waals surface area contributed by atoms with Crippen LogP contribution in [0.3, 0.4) is 0 Å². The van der Waals surface area contributed by atoms with Crippen molar-refractivity contribution in [1.29, 1.82) is 0 Å². The quantitative estimate of drug-likeness (QED) is 0.459. The summed E-state index contributed by atoms with van der Waals surface area (Å²) in [7, 11) is 0. The van der Waals surface area contributed by atoms with Crippen molar-refractivity contribution in [3.8, 4) is 0 Å². The van der Waals surface area contributed by atoms with Crippen molar-refractivity contribution in [2.45, 2.75) is 32.1 Å². The lowest BCUT2D eigenvalue weighted by molar-refractivity contribution is -0.115. The number of Topliss-reactive ketones (excluding diaryl/α,β-unsaturated/α-hetero) is 1. The van der Waals surface area contributed by atoms with Gasteiger partial charge in [0.1, 0.15) is 0 Å².